The molecule has 3 atom stereocenters. The van der Waals surface area contributed by atoms with Gasteiger partial charge in [-0.25, -0.2) is 9.78 Å². The van der Waals surface area contributed by atoms with Crippen LogP contribution in [-0.2, 0) is 4.74 Å². The Hall–Kier alpha value is -2.56. The third-order valence-corrected chi connectivity index (χ3v) is 7.96. The fourth-order valence-electron chi connectivity index (χ4n) is 4.91. The van der Waals surface area contributed by atoms with Crippen molar-refractivity contribution in [2.24, 2.45) is 17.6 Å². The Morgan fingerprint density at radius 2 is 1.82 bits per heavy atom. The van der Waals surface area contributed by atoms with Crippen LogP contribution in [0.5, 0.6) is 0 Å². The maximum Gasteiger partial charge on any atom is 0.356 e. The number of nitrogens with one attached hydrogen (secondary N) is 2. The van der Waals surface area contributed by atoms with Crippen molar-refractivity contribution >= 4 is 46.8 Å². The molecule has 2 aliphatic heterocycles. The number of carbonyl (C=O) groups excluding carboxylic acids is 2. The summed E-state index contributed by atoms with van der Waals surface area (Å²) in [6, 6.07) is 1.91. The molecule has 0 bridgehead atoms. The number of carbonyl (C=O) groups is 2. The number of esters is 1. The highest BCUT2D eigenvalue weighted by atomic mass is 35.5. The van der Waals surface area contributed by atoms with Gasteiger partial charge in [-0.15, -0.1) is 0 Å². The van der Waals surface area contributed by atoms with Gasteiger partial charge in [0, 0.05) is 61.9 Å². The number of aromatic nitrogens is 3. The van der Waals surface area contributed by atoms with E-state index >= 15 is 0 Å². The van der Waals surface area contributed by atoms with Gasteiger partial charge in [0.1, 0.15) is 11.5 Å². The zero-order valence-electron chi connectivity index (χ0n) is 19.0. The lowest BCUT2D eigenvalue weighted by molar-refractivity contribution is 0.0593. The lowest BCUT2D eigenvalue weighted by atomic mass is 10.1. The van der Waals surface area contributed by atoms with Crippen LogP contribution in [0.2, 0.25) is 10.0 Å². The molecule has 0 spiro atoms. The Morgan fingerprint density at radius 3 is 2.41 bits per heavy atom. The molecule has 0 aromatic carbocycles. The molecular formula is C22H27Cl2N7O3. The fourth-order valence-corrected chi connectivity index (χ4v) is 5.33. The number of methoxy groups -OCH3 is 1. The van der Waals surface area contributed by atoms with Gasteiger partial charge in [0.25, 0.3) is 5.91 Å². The van der Waals surface area contributed by atoms with Gasteiger partial charge >= 0.3 is 5.97 Å². The number of ether oxygens (including phenoxy) is 1. The van der Waals surface area contributed by atoms with Crippen LogP contribution in [0.25, 0.3) is 0 Å². The second kappa shape index (κ2) is 8.90. The van der Waals surface area contributed by atoms with Gasteiger partial charge in [-0.05, 0) is 19.8 Å². The predicted molar refractivity (Wildman–Crippen MR) is 129 cm³/mol. The van der Waals surface area contributed by atoms with E-state index in [-0.39, 0.29) is 34.4 Å². The highest BCUT2D eigenvalue weighted by molar-refractivity contribution is 6.44. The molecular weight excluding hydrogens is 481 g/mol. The van der Waals surface area contributed by atoms with Gasteiger partial charge in [0.05, 0.1) is 17.2 Å². The minimum atomic E-state index is -0.495. The first-order valence-electron chi connectivity index (χ1n) is 11.3. The van der Waals surface area contributed by atoms with E-state index in [0.717, 1.165) is 39.0 Å². The summed E-state index contributed by atoms with van der Waals surface area (Å²) in [5.74, 6) is 1.04. The number of fused-ring (bicyclic) bond motifs is 1. The van der Waals surface area contributed by atoms with Crippen LogP contribution < -0.4 is 20.9 Å². The first-order valence-corrected chi connectivity index (χ1v) is 12.1. The average molecular weight is 508 g/mol. The number of piperidine rings is 2. The maximum absolute atomic E-state index is 12.7. The van der Waals surface area contributed by atoms with Gasteiger partial charge in [0.15, 0.2) is 5.69 Å². The monoisotopic (exact) mass is 507 g/mol. The predicted octanol–water partition coefficient (Wildman–Crippen LogP) is 2.00. The summed E-state index contributed by atoms with van der Waals surface area (Å²) in [6.07, 6.45) is 1.71. The molecule has 34 heavy (non-hydrogen) atoms. The highest BCUT2D eigenvalue weighted by Gasteiger charge is 2.57. The van der Waals surface area contributed by atoms with Crippen molar-refractivity contribution in [1.82, 2.24) is 20.3 Å². The number of aryl methyl sites for hydroxylation is 1. The van der Waals surface area contributed by atoms with Crippen LogP contribution in [0.3, 0.4) is 0 Å². The number of nitrogens with zero attached hydrogens (tertiary/aromatic N) is 4. The number of nitrogens with two attached hydrogens (primary N) is 1. The summed E-state index contributed by atoms with van der Waals surface area (Å²) < 4.78 is 4.91. The zero-order valence-corrected chi connectivity index (χ0v) is 20.5. The molecule has 0 radical (unpaired) electrons. The molecule has 2 aromatic rings. The number of halogens is 2. The van der Waals surface area contributed by atoms with Gasteiger partial charge in [0.2, 0.25) is 5.95 Å². The number of hydrogen-bond donors (Lipinski definition) is 3. The second-order valence-electron chi connectivity index (χ2n) is 9.21. The molecule has 1 aliphatic carbocycles. The molecule has 10 nitrogen and oxygen atoms in total. The Bertz CT molecular complexity index is 1120. The van der Waals surface area contributed by atoms with Crippen molar-refractivity contribution in [3.05, 3.63) is 33.2 Å². The Kier molecular flexibility index (Phi) is 6.07. The van der Waals surface area contributed by atoms with Crippen LogP contribution in [0, 0.1) is 18.8 Å². The summed E-state index contributed by atoms with van der Waals surface area (Å²) in [5.41, 5.74) is 7.21. The SMILES string of the molecule is COC(=O)c1cc(N2C[C@@H]3[C@H](C2)[C@@H]3NC(=O)c2[nH]c(C)c(Cl)c2Cl)nc(N2CCC(N)CC2)n1. The minimum absolute atomic E-state index is 0.0622. The van der Waals surface area contributed by atoms with Crippen molar-refractivity contribution in [3.8, 4) is 0 Å². The van der Waals surface area contributed by atoms with E-state index in [0.29, 0.717) is 34.3 Å². The lowest BCUT2D eigenvalue weighted by Gasteiger charge is -2.31. The summed E-state index contributed by atoms with van der Waals surface area (Å²) in [4.78, 5) is 41.3. The molecule has 12 heteroatoms. The lowest BCUT2D eigenvalue weighted by Crippen LogP contribution is -2.41. The molecule has 5 rings (SSSR count). The minimum Gasteiger partial charge on any atom is -0.464 e. The number of aromatic amines is 1. The number of amides is 1. The van der Waals surface area contributed by atoms with E-state index in [4.69, 9.17) is 38.7 Å². The summed E-state index contributed by atoms with van der Waals surface area (Å²) in [7, 11) is 1.34. The van der Waals surface area contributed by atoms with Crippen molar-refractivity contribution in [3.63, 3.8) is 0 Å². The fraction of sp³-hybridized carbons (Fsp3) is 0.545. The van der Waals surface area contributed by atoms with Gasteiger partial charge in [-0.2, -0.15) is 4.98 Å². The third kappa shape index (κ3) is 4.18. The van der Waals surface area contributed by atoms with Crippen LogP contribution in [-0.4, -0.2) is 72.2 Å². The average Bonchev–Trinajstić information content (AvgIpc) is 3.15. The smallest absolute Gasteiger partial charge is 0.356 e. The van der Waals surface area contributed by atoms with E-state index in [1.807, 2.05) is 0 Å². The van der Waals surface area contributed by atoms with E-state index in [9.17, 15) is 9.59 Å². The standard InChI is InChI=1S/C22H27Cl2N7O3/c1-10-16(23)17(24)19(26-10)20(32)29-18-12-8-31(9-13(12)18)15-7-14(21(33)34-2)27-22(28-15)30-5-3-11(25)4-6-30/h7,11-13,18,26H,3-6,8-9,25H2,1-2H3,(H,29,32)/t12-,13+,18-. The molecule has 4 heterocycles. The summed E-state index contributed by atoms with van der Waals surface area (Å²) in [6.45, 7) is 4.70. The number of rotatable bonds is 5. The van der Waals surface area contributed by atoms with E-state index < -0.39 is 5.97 Å². The van der Waals surface area contributed by atoms with Crippen molar-refractivity contribution < 1.29 is 14.3 Å². The molecule has 182 valence electrons. The van der Waals surface area contributed by atoms with Gasteiger partial charge in [-0.1, -0.05) is 23.2 Å². The van der Waals surface area contributed by atoms with E-state index in [2.05, 4.69) is 25.1 Å². The van der Waals surface area contributed by atoms with Gasteiger partial charge in [-0.3, -0.25) is 4.79 Å². The normalized spacial score (nSPS) is 24.2. The number of hydrogen-bond acceptors (Lipinski definition) is 8. The summed E-state index contributed by atoms with van der Waals surface area (Å²) in [5, 5.41) is 3.67. The highest BCUT2D eigenvalue weighted by Crippen LogP contribution is 2.47. The first kappa shape index (κ1) is 23.2. The molecule has 0 unspecified atom stereocenters. The quantitative estimate of drug-likeness (QED) is 0.523. The zero-order chi connectivity index (χ0) is 24.1. The van der Waals surface area contributed by atoms with Crippen molar-refractivity contribution in [2.45, 2.75) is 31.8 Å². The Morgan fingerprint density at radius 1 is 1.15 bits per heavy atom. The Labute approximate surface area is 207 Å². The van der Waals surface area contributed by atoms with Crippen LogP contribution in [0.1, 0.15) is 39.5 Å². The van der Waals surface area contributed by atoms with E-state index in [1.165, 1.54) is 7.11 Å². The molecule has 4 N–H and O–H groups in total. The first-order chi connectivity index (χ1) is 16.3. The molecule has 3 aliphatic rings. The van der Waals surface area contributed by atoms with Crippen molar-refractivity contribution in [1.29, 1.82) is 0 Å². The van der Waals surface area contributed by atoms with Crippen LogP contribution in [0.15, 0.2) is 6.07 Å². The van der Waals surface area contributed by atoms with Crippen LogP contribution >= 0.6 is 23.2 Å². The second-order valence-corrected chi connectivity index (χ2v) is 9.97. The summed E-state index contributed by atoms with van der Waals surface area (Å²) >= 11 is 12.3. The molecule has 1 saturated carbocycles. The topological polar surface area (TPSA) is 129 Å². The van der Waals surface area contributed by atoms with E-state index in [1.54, 1.807) is 13.0 Å². The van der Waals surface area contributed by atoms with Crippen molar-refractivity contribution in [2.75, 3.05) is 43.1 Å². The maximum atomic E-state index is 12.7. The largest absolute Gasteiger partial charge is 0.464 e. The molecule has 1 amide bonds. The Balaban J connectivity index is 1.28. The molecule has 2 aromatic heterocycles. The third-order valence-electron chi connectivity index (χ3n) is 7.01. The number of anilines is 2. The van der Waals surface area contributed by atoms with Gasteiger partial charge < -0.3 is 30.6 Å². The number of H-pyrrole nitrogens is 1. The molecule has 2 saturated heterocycles. The van der Waals surface area contributed by atoms with Crippen LogP contribution in [0.4, 0.5) is 11.8 Å². The molecule has 3 fully saturated rings.